The summed E-state index contributed by atoms with van der Waals surface area (Å²) < 4.78 is 33.9. The van der Waals surface area contributed by atoms with E-state index in [1.165, 1.54) is 0 Å². The van der Waals surface area contributed by atoms with E-state index in [9.17, 15) is 13.6 Å². The Kier molecular flexibility index (Phi) is 7.88. The normalized spacial score (nSPS) is 17.6. The highest BCUT2D eigenvalue weighted by Gasteiger charge is 2.26. The van der Waals surface area contributed by atoms with Crippen molar-refractivity contribution in [3.05, 3.63) is 23.7 Å². The van der Waals surface area contributed by atoms with Crippen molar-refractivity contribution in [1.29, 1.82) is 0 Å². The maximum atomic E-state index is 13.5. The van der Waals surface area contributed by atoms with Gasteiger partial charge in [0, 0.05) is 25.5 Å². The van der Waals surface area contributed by atoms with E-state index < -0.39 is 6.43 Å². The van der Waals surface area contributed by atoms with Crippen molar-refractivity contribution in [2.24, 2.45) is 5.92 Å². The molecule has 4 heterocycles. The predicted molar refractivity (Wildman–Crippen MR) is 123 cm³/mol. The smallest absolute Gasteiger partial charge is 0.268 e. The van der Waals surface area contributed by atoms with Gasteiger partial charge in [-0.25, -0.2) is 13.8 Å². The predicted octanol–water partition coefficient (Wildman–Crippen LogP) is 2.49. The fourth-order valence-electron chi connectivity index (χ4n) is 3.96. The highest BCUT2D eigenvalue weighted by Crippen LogP contribution is 2.28. The molecule has 1 amide bonds. The number of ether oxygens (including phenoxy) is 1. The minimum absolute atomic E-state index is 0.0378. The second-order valence-electron chi connectivity index (χ2n) is 8.87. The first-order valence-electron chi connectivity index (χ1n) is 11.7. The van der Waals surface area contributed by atoms with E-state index in [2.05, 4.69) is 43.0 Å². The highest BCUT2D eigenvalue weighted by atomic mass is 19.3. The minimum atomic E-state index is -2.70. The van der Waals surface area contributed by atoms with E-state index in [1.54, 1.807) is 0 Å². The fraction of sp³-hybridized carbons (Fsp3) is 0.636. The van der Waals surface area contributed by atoms with Crippen LogP contribution in [0.5, 0.6) is 0 Å². The maximum absolute atomic E-state index is 13.5. The van der Waals surface area contributed by atoms with Crippen LogP contribution in [0.3, 0.4) is 0 Å². The second-order valence-corrected chi connectivity index (χ2v) is 8.87. The number of aryl methyl sites for hydroxylation is 1. The molecule has 2 aliphatic heterocycles. The first-order valence-corrected chi connectivity index (χ1v) is 11.7. The summed E-state index contributed by atoms with van der Waals surface area (Å²) in [5.74, 6) is 0.174. The van der Waals surface area contributed by atoms with Crippen molar-refractivity contribution in [1.82, 2.24) is 30.0 Å². The molecule has 2 saturated heterocycles. The molecule has 2 fully saturated rings. The summed E-state index contributed by atoms with van der Waals surface area (Å²) >= 11 is 0. The Morgan fingerprint density at radius 3 is 2.71 bits per heavy atom. The number of nitrogens with one attached hydrogen (secondary N) is 3. The minimum Gasteiger partial charge on any atom is -0.380 e. The molecular formula is C22H32F2N8O2. The third kappa shape index (κ3) is 5.98. The zero-order chi connectivity index (χ0) is 24.1. The van der Waals surface area contributed by atoms with Gasteiger partial charge in [-0.2, -0.15) is 10.1 Å². The van der Waals surface area contributed by atoms with Crippen molar-refractivity contribution in [3.63, 3.8) is 0 Å². The van der Waals surface area contributed by atoms with Crippen molar-refractivity contribution in [2.45, 2.75) is 38.7 Å². The summed E-state index contributed by atoms with van der Waals surface area (Å²) in [6, 6.07) is 0.335. The summed E-state index contributed by atoms with van der Waals surface area (Å²) in [7, 11) is 2.12. The molecule has 3 N–H and O–H groups in total. The summed E-state index contributed by atoms with van der Waals surface area (Å²) in [5, 5.41) is 13.5. The molecule has 0 radical (unpaired) electrons. The number of rotatable bonds is 10. The lowest BCUT2D eigenvalue weighted by molar-refractivity contribution is -0.138. The molecule has 0 bridgehead atoms. The molecule has 2 aromatic heterocycles. The Morgan fingerprint density at radius 2 is 2.03 bits per heavy atom. The van der Waals surface area contributed by atoms with Crippen molar-refractivity contribution in [3.8, 4) is 0 Å². The lowest BCUT2D eigenvalue weighted by atomic mass is 10.1. The zero-order valence-corrected chi connectivity index (χ0v) is 19.6. The average molecular weight is 479 g/mol. The largest absolute Gasteiger partial charge is 0.380 e. The van der Waals surface area contributed by atoms with E-state index in [-0.39, 0.29) is 29.2 Å². The molecule has 4 rings (SSSR count). The van der Waals surface area contributed by atoms with Gasteiger partial charge >= 0.3 is 0 Å². The third-order valence-corrected chi connectivity index (χ3v) is 6.23. The molecule has 0 spiro atoms. The van der Waals surface area contributed by atoms with Crippen LogP contribution in [0, 0.1) is 12.8 Å². The Hall–Kier alpha value is -2.86. The summed E-state index contributed by atoms with van der Waals surface area (Å²) in [4.78, 5) is 22.5. The second kappa shape index (κ2) is 11.0. The number of halogens is 2. The number of aromatic nitrogens is 4. The first-order chi connectivity index (χ1) is 16.4. The van der Waals surface area contributed by atoms with Crippen LogP contribution in [0.25, 0.3) is 0 Å². The Morgan fingerprint density at radius 1 is 1.26 bits per heavy atom. The zero-order valence-electron chi connectivity index (χ0n) is 19.6. The van der Waals surface area contributed by atoms with Crippen LogP contribution >= 0.6 is 0 Å². The number of alkyl halides is 2. The number of carbonyl (C=O) groups excluding carboxylic acids is 1. The average Bonchev–Trinajstić information content (AvgIpc) is 3.13. The molecule has 0 aliphatic carbocycles. The van der Waals surface area contributed by atoms with Crippen LogP contribution in [-0.2, 0) is 9.53 Å². The molecule has 0 saturated carbocycles. The number of hydrogen-bond acceptors (Lipinski definition) is 8. The Balaban J connectivity index is 1.35. The Labute approximate surface area is 197 Å². The monoisotopic (exact) mass is 478 g/mol. The topological polar surface area (TPSA) is 109 Å². The number of likely N-dealkylation sites (tertiary alicyclic amines) is 1. The van der Waals surface area contributed by atoms with Crippen LogP contribution in [0.1, 0.15) is 43.0 Å². The molecule has 34 heavy (non-hydrogen) atoms. The molecule has 2 aromatic rings. The van der Waals surface area contributed by atoms with Gasteiger partial charge < -0.3 is 25.6 Å². The van der Waals surface area contributed by atoms with Crippen molar-refractivity contribution in [2.75, 3.05) is 57.1 Å². The summed E-state index contributed by atoms with van der Waals surface area (Å²) in [6.45, 7) is 5.67. The van der Waals surface area contributed by atoms with Gasteiger partial charge in [0.05, 0.1) is 42.1 Å². The van der Waals surface area contributed by atoms with E-state index in [4.69, 9.17) is 4.74 Å². The van der Waals surface area contributed by atoms with Crippen molar-refractivity contribution < 1.29 is 18.3 Å². The van der Waals surface area contributed by atoms with Crippen LogP contribution in [-0.4, -0.2) is 77.0 Å². The van der Waals surface area contributed by atoms with Gasteiger partial charge in [-0.3, -0.25) is 9.48 Å². The number of nitrogens with zero attached hydrogens (tertiary/aromatic N) is 5. The molecule has 186 valence electrons. The number of anilines is 3. The number of amides is 1. The maximum Gasteiger partial charge on any atom is 0.268 e. The first kappa shape index (κ1) is 24.3. The number of piperidine rings is 1. The fourth-order valence-corrected chi connectivity index (χ4v) is 3.96. The van der Waals surface area contributed by atoms with Gasteiger partial charge in [-0.15, -0.1) is 0 Å². The molecule has 10 nitrogen and oxygen atoms in total. The molecular weight excluding hydrogens is 446 g/mol. The van der Waals surface area contributed by atoms with Crippen LogP contribution < -0.4 is 16.0 Å². The van der Waals surface area contributed by atoms with E-state index in [0.717, 1.165) is 43.5 Å². The van der Waals surface area contributed by atoms with Gasteiger partial charge in [0.25, 0.3) is 6.43 Å². The van der Waals surface area contributed by atoms with E-state index >= 15 is 0 Å². The van der Waals surface area contributed by atoms with E-state index in [0.29, 0.717) is 38.8 Å². The quantitative estimate of drug-likeness (QED) is 0.447. The van der Waals surface area contributed by atoms with Gasteiger partial charge in [0.15, 0.2) is 0 Å². The lowest BCUT2D eigenvalue weighted by Gasteiger charge is -2.28. The van der Waals surface area contributed by atoms with Crippen LogP contribution in [0.15, 0.2) is 12.4 Å². The van der Waals surface area contributed by atoms with Crippen molar-refractivity contribution >= 4 is 23.4 Å². The molecule has 0 unspecified atom stereocenters. The molecule has 0 atom stereocenters. The molecule has 0 aromatic carbocycles. The molecule has 2 aliphatic rings. The van der Waals surface area contributed by atoms with Crippen LogP contribution in [0.4, 0.5) is 26.2 Å². The van der Waals surface area contributed by atoms with Gasteiger partial charge in [0.2, 0.25) is 11.9 Å². The lowest BCUT2D eigenvalue weighted by Crippen LogP contribution is -2.42. The van der Waals surface area contributed by atoms with Crippen LogP contribution in [0.2, 0.25) is 0 Å². The summed E-state index contributed by atoms with van der Waals surface area (Å²) in [6.07, 6.45) is 2.98. The van der Waals surface area contributed by atoms with Gasteiger partial charge in [0.1, 0.15) is 5.82 Å². The SMILES string of the molecule is Cc1nn(C2CCN(C)CC2)cc1Nc1ncc(C(F)F)c(NCCCNC(=O)C2COC2)n1. The molecule has 12 heteroatoms. The standard InChI is InChI=1S/C22H32F2N8O2/c1-14-18(11-32(30-14)16-4-8-31(2)9-5-16)28-22-27-10-17(19(23)24)20(29-22)25-6-3-7-26-21(33)15-12-34-13-15/h10-11,15-16,19H,3-9,12-13H2,1-2H3,(H,26,33)(H2,25,27,28,29). The van der Waals surface area contributed by atoms with Gasteiger partial charge in [-0.05, 0) is 46.3 Å². The van der Waals surface area contributed by atoms with Gasteiger partial charge in [-0.1, -0.05) is 0 Å². The Bertz CT molecular complexity index is 974. The van der Waals surface area contributed by atoms with E-state index in [1.807, 2.05) is 17.8 Å². The number of hydrogen-bond donors (Lipinski definition) is 3. The third-order valence-electron chi connectivity index (χ3n) is 6.23. The number of carbonyl (C=O) groups is 1. The highest BCUT2D eigenvalue weighted by molar-refractivity contribution is 5.79. The summed E-state index contributed by atoms with van der Waals surface area (Å²) in [5.41, 5.74) is 1.28.